The molecule has 1 saturated heterocycles. The van der Waals surface area contributed by atoms with Crippen molar-refractivity contribution < 1.29 is 9.90 Å². The van der Waals surface area contributed by atoms with Crippen molar-refractivity contribution in [2.45, 2.75) is 58.0 Å². The van der Waals surface area contributed by atoms with Gasteiger partial charge in [-0.3, -0.25) is 10.1 Å². The predicted molar refractivity (Wildman–Crippen MR) is 68.8 cm³/mol. The van der Waals surface area contributed by atoms with Gasteiger partial charge in [-0.2, -0.15) is 0 Å². The molecule has 0 aromatic heterocycles. The van der Waals surface area contributed by atoms with E-state index in [0.29, 0.717) is 0 Å². The molecule has 4 nitrogen and oxygen atoms in total. The molecule has 0 aromatic rings. The van der Waals surface area contributed by atoms with Gasteiger partial charge in [0.05, 0.1) is 12.6 Å². The van der Waals surface area contributed by atoms with Crippen LogP contribution in [0.25, 0.3) is 0 Å². The summed E-state index contributed by atoms with van der Waals surface area (Å²) >= 11 is 0. The van der Waals surface area contributed by atoms with Crippen LogP contribution in [0.4, 0.5) is 0 Å². The van der Waals surface area contributed by atoms with Crippen molar-refractivity contribution in [3.63, 3.8) is 0 Å². The fourth-order valence-electron chi connectivity index (χ4n) is 2.26. The molecule has 0 spiro atoms. The maximum atomic E-state index is 12.2. The molecule has 0 aromatic carbocycles. The first-order chi connectivity index (χ1) is 7.96. The first-order valence-corrected chi connectivity index (χ1v) is 6.63. The molecule has 1 atom stereocenters. The number of hydrogen-bond donors (Lipinski definition) is 2. The van der Waals surface area contributed by atoms with E-state index in [1.165, 1.54) is 12.8 Å². The smallest absolute Gasteiger partial charge is 0.239 e. The summed E-state index contributed by atoms with van der Waals surface area (Å²) < 4.78 is 0. The van der Waals surface area contributed by atoms with E-state index in [4.69, 9.17) is 0 Å². The average molecular weight is 242 g/mol. The Morgan fingerprint density at radius 2 is 1.82 bits per heavy atom. The average Bonchev–Trinajstić information content (AvgIpc) is 2.56. The van der Waals surface area contributed by atoms with Gasteiger partial charge < -0.3 is 10.0 Å². The summed E-state index contributed by atoms with van der Waals surface area (Å²) in [4.78, 5) is 14.2. The quantitative estimate of drug-likeness (QED) is 0.777. The highest BCUT2D eigenvalue weighted by Gasteiger charge is 2.26. The van der Waals surface area contributed by atoms with Gasteiger partial charge in [0.25, 0.3) is 0 Å². The van der Waals surface area contributed by atoms with Crippen LogP contribution < -0.4 is 5.32 Å². The number of carbonyl (C=O) groups is 1. The maximum Gasteiger partial charge on any atom is 0.239 e. The van der Waals surface area contributed by atoms with Crippen LogP contribution in [0.1, 0.15) is 46.5 Å². The molecule has 0 saturated carbocycles. The Kier molecular flexibility index (Phi) is 5.40. The first-order valence-electron chi connectivity index (χ1n) is 6.63. The van der Waals surface area contributed by atoms with Crippen LogP contribution in [0.5, 0.6) is 0 Å². The Morgan fingerprint density at radius 3 is 2.29 bits per heavy atom. The van der Waals surface area contributed by atoms with E-state index < -0.39 is 5.54 Å². The third-order valence-electron chi connectivity index (χ3n) is 3.29. The second-order valence-corrected chi connectivity index (χ2v) is 5.65. The lowest BCUT2D eigenvalue weighted by molar-refractivity contribution is -0.133. The Labute approximate surface area is 104 Å². The molecular formula is C13H26N2O2. The van der Waals surface area contributed by atoms with Crippen molar-refractivity contribution in [1.82, 2.24) is 10.2 Å². The lowest BCUT2D eigenvalue weighted by atomic mass is 10.1. The number of hydrogen-bond acceptors (Lipinski definition) is 3. The highest BCUT2D eigenvalue weighted by molar-refractivity contribution is 5.81. The Bertz CT molecular complexity index is 246. The largest absolute Gasteiger partial charge is 0.394 e. The molecule has 0 aliphatic carbocycles. The van der Waals surface area contributed by atoms with Gasteiger partial charge in [-0.1, -0.05) is 12.8 Å². The Morgan fingerprint density at radius 1 is 1.29 bits per heavy atom. The van der Waals surface area contributed by atoms with Crippen LogP contribution in [0.15, 0.2) is 0 Å². The molecule has 1 rings (SSSR count). The molecule has 2 N–H and O–H groups in total. The van der Waals surface area contributed by atoms with E-state index in [1.807, 2.05) is 25.7 Å². The molecule has 17 heavy (non-hydrogen) atoms. The van der Waals surface area contributed by atoms with E-state index in [-0.39, 0.29) is 18.6 Å². The topological polar surface area (TPSA) is 52.6 Å². The van der Waals surface area contributed by atoms with Crippen LogP contribution >= 0.6 is 0 Å². The van der Waals surface area contributed by atoms with Gasteiger partial charge in [-0.05, 0) is 33.6 Å². The fourth-order valence-corrected chi connectivity index (χ4v) is 2.26. The molecule has 1 fully saturated rings. The van der Waals surface area contributed by atoms with Crippen LogP contribution in [-0.4, -0.2) is 47.2 Å². The summed E-state index contributed by atoms with van der Waals surface area (Å²) in [6, 6.07) is -0.227. The SMILES string of the molecule is CC(NC(C)(C)CO)C(=O)N1CCCCCC1. The number of rotatable bonds is 4. The highest BCUT2D eigenvalue weighted by atomic mass is 16.3. The lowest BCUT2D eigenvalue weighted by Gasteiger charge is -2.31. The second-order valence-electron chi connectivity index (χ2n) is 5.65. The number of aliphatic hydroxyl groups excluding tert-OH is 1. The molecule has 100 valence electrons. The molecular weight excluding hydrogens is 216 g/mol. The summed E-state index contributed by atoms with van der Waals surface area (Å²) in [5.41, 5.74) is -0.402. The van der Waals surface area contributed by atoms with Gasteiger partial charge in [-0.25, -0.2) is 0 Å². The molecule has 1 heterocycles. The van der Waals surface area contributed by atoms with E-state index in [1.54, 1.807) is 0 Å². The minimum atomic E-state index is -0.402. The zero-order valence-electron chi connectivity index (χ0n) is 11.3. The van der Waals surface area contributed by atoms with Crippen LogP contribution in [0, 0.1) is 0 Å². The van der Waals surface area contributed by atoms with Crippen LogP contribution in [-0.2, 0) is 4.79 Å². The number of nitrogens with zero attached hydrogens (tertiary/aromatic N) is 1. The van der Waals surface area contributed by atoms with Gasteiger partial charge in [0.15, 0.2) is 0 Å². The molecule has 1 amide bonds. The monoisotopic (exact) mass is 242 g/mol. The zero-order chi connectivity index (χ0) is 12.9. The first kappa shape index (κ1) is 14.5. The summed E-state index contributed by atoms with van der Waals surface area (Å²) in [5.74, 6) is 0.161. The van der Waals surface area contributed by atoms with Crippen molar-refractivity contribution in [1.29, 1.82) is 0 Å². The summed E-state index contributed by atoms with van der Waals surface area (Å²) in [5, 5.41) is 12.4. The molecule has 1 aliphatic rings. The summed E-state index contributed by atoms with van der Waals surface area (Å²) in [7, 11) is 0. The van der Waals surface area contributed by atoms with Crippen LogP contribution in [0.3, 0.4) is 0 Å². The standard InChI is InChI=1S/C13H26N2O2/c1-11(14-13(2,3)10-16)12(17)15-8-6-4-5-7-9-15/h11,14,16H,4-10H2,1-3H3. The normalized spacial score (nSPS) is 19.9. The van der Waals surface area contributed by atoms with Crippen molar-refractivity contribution in [2.75, 3.05) is 19.7 Å². The van der Waals surface area contributed by atoms with Crippen LogP contribution in [0.2, 0.25) is 0 Å². The van der Waals surface area contributed by atoms with E-state index in [0.717, 1.165) is 25.9 Å². The summed E-state index contributed by atoms with van der Waals surface area (Å²) in [6.07, 6.45) is 4.69. The minimum Gasteiger partial charge on any atom is -0.394 e. The third-order valence-corrected chi connectivity index (χ3v) is 3.29. The number of likely N-dealkylation sites (tertiary alicyclic amines) is 1. The van der Waals surface area contributed by atoms with Gasteiger partial charge in [0.1, 0.15) is 0 Å². The minimum absolute atomic E-state index is 0.0324. The number of nitrogens with one attached hydrogen (secondary N) is 1. The van der Waals surface area contributed by atoms with Crippen molar-refractivity contribution >= 4 is 5.91 Å². The van der Waals surface area contributed by atoms with Crippen molar-refractivity contribution in [2.24, 2.45) is 0 Å². The third kappa shape index (κ3) is 4.64. The van der Waals surface area contributed by atoms with E-state index in [2.05, 4.69) is 5.32 Å². The Hall–Kier alpha value is -0.610. The van der Waals surface area contributed by atoms with E-state index in [9.17, 15) is 9.90 Å². The van der Waals surface area contributed by atoms with Gasteiger partial charge in [-0.15, -0.1) is 0 Å². The zero-order valence-corrected chi connectivity index (χ0v) is 11.3. The predicted octanol–water partition coefficient (Wildman–Crippen LogP) is 1.14. The second kappa shape index (κ2) is 6.36. The maximum absolute atomic E-state index is 12.2. The molecule has 1 unspecified atom stereocenters. The number of aliphatic hydroxyl groups is 1. The lowest BCUT2D eigenvalue weighted by Crippen LogP contribution is -2.54. The van der Waals surface area contributed by atoms with Gasteiger partial charge in [0.2, 0.25) is 5.91 Å². The fraction of sp³-hybridized carbons (Fsp3) is 0.923. The van der Waals surface area contributed by atoms with E-state index >= 15 is 0 Å². The number of amides is 1. The Balaban J connectivity index is 2.50. The summed E-state index contributed by atoms with van der Waals surface area (Å²) in [6.45, 7) is 7.47. The molecule has 4 heteroatoms. The van der Waals surface area contributed by atoms with Gasteiger partial charge in [0, 0.05) is 18.6 Å². The van der Waals surface area contributed by atoms with Crippen molar-refractivity contribution in [3.05, 3.63) is 0 Å². The van der Waals surface area contributed by atoms with Gasteiger partial charge >= 0.3 is 0 Å². The molecule has 1 aliphatic heterocycles. The molecule has 0 bridgehead atoms. The molecule has 0 radical (unpaired) electrons. The van der Waals surface area contributed by atoms with Crippen molar-refractivity contribution in [3.8, 4) is 0 Å². The highest BCUT2D eigenvalue weighted by Crippen LogP contribution is 2.12. The number of carbonyl (C=O) groups excluding carboxylic acids is 1.